The molecule has 0 aromatic carbocycles. The van der Waals surface area contributed by atoms with Crippen LogP contribution in [0.5, 0.6) is 0 Å². The molecule has 11 heteroatoms. The summed E-state index contributed by atoms with van der Waals surface area (Å²) in [4.78, 5) is 13.8. The first-order valence-corrected chi connectivity index (χ1v) is 8.08. The highest BCUT2D eigenvalue weighted by atomic mass is 35.5. The van der Waals surface area contributed by atoms with E-state index in [9.17, 15) is 18.3 Å². The monoisotopic (exact) mass is 379 g/mol. The quantitative estimate of drug-likeness (QED) is 0.594. The zero-order valence-electron chi connectivity index (χ0n) is 13.1. The molecule has 0 aliphatic heterocycles. The van der Waals surface area contributed by atoms with Gasteiger partial charge in [-0.1, -0.05) is 6.92 Å². The number of hydrogen-bond acceptors (Lipinski definition) is 6. The standard InChI is InChI=1S/C7H5ClF3N5.C7H12O2/c8-6-15-4(12-1-7(9,10)11)3-5(16-6)14-2-13-3;1-3-4-2-5(8)7(9)6(3)4/h2H,1H2,(H2,12,13,14,15,16);3-9H,2H2,1H3. The van der Waals surface area contributed by atoms with Gasteiger partial charge in [0.1, 0.15) is 12.1 Å². The fourth-order valence-electron chi connectivity index (χ4n) is 3.31. The molecule has 25 heavy (non-hydrogen) atoms. The van der Waals surface area contributed by atoms with Crippen molar-refractivity contribution in [1.29, 1.82) is 0 Å². The molecular weight excluding hydrogens is 363 g/mol. The van der Waals surface area contributed by atoms with Gasteiger partial charge in [0.05, 0.1) is 18.5 Å². The van der Waals surface area contributed by atoms with E-state index >= 15 is 0 Å². The first-order chi connectivity index (χ1) is 11.7. The molecule has 2 fully saturated rings. The summed E-state index contributed by atoms with van der Waals surface area (Å²) in [5.41, 5.74) is 0.498. The van der Waals surface area contributed by atoms with E-state index < -0.39 is 24.9 Å². The van der Waals surface area contributed by atoms with Crippen LogP contribution in [0, 0.1) is 17.8 Å². The number of aromatic nitrogens is 4. The van der Waals surface area contributed by atoms with Gasteiger partial charge in [0.2, 0.25) is 5.28 Å². The van der Waals surface area contributed by atoms with Gasteiger partial charge in [0, 0.05) is 0 Å². The molecule has 2 saturated carbocycles. The predicted octanol–water partition coefficient (Wildman–Crippen LogP) is 1.97. The van der Waals surface area contributed by atoms with Gasteiger partial charge in [-0.15, -0.1) is 0 Å². The van der Waals surface area contributed by atoms with Gasteiger partial charge in [0.25, 0.3) is 0 Å². The second-order valence-corrected chi connectivity index (χ2v) is 6.64. The SMILES string of the molecule is CC1C2CC(O)C(O)C12.FC(F)(F)CNc1nc(Cl)nc2nc[nH]c12. The van der Waals surface area contributed by atoms with Crippen LogP contribution < -0.4 is 5.32 Å². The normalized spacial score (nSPS) is 30.6. The Kier molecular flexibility index (Phi) is 4.78. The summed E-state index contributed by atoms with van der Waals surface area (Å²) in [7, 11) is 0. The van der Waals surface area contributed by atoms with Crippen LogP contribution >= 0.6 is 11.6 Å². The lowest BCUT2D eigenvalue weighted by Gasteiger charge is -2.11. The Morgan fingerprint density at radius 1 is 1.36 bits per heavy atom. The fraction of sp³-hybridized carbons (Fsp3) is 0.643. The van der Waals surface area contributed by atoms with E-state index in [2.05, 4.69) is 32.2 Å². The van der Waals surface area contributed by atoms with Gasteiger partial charge in [-0.25, -0.2) is 4.98 Å². The number of nitrogens with zero attached hydrogens (tertiary/aromatic N) is 3. The number of alkyl halides is 3. The van der Waals surface area contributed by atoms with Gasteiger partial charge < -0.3 is 20.5 Å². The second kappa shape index (κ2) is 6.58. The number of aromatic amines is 1. The fourth-order valence-corrected chi connectivity index (χ4v) is 3.47. The van der Waals surface area contributed by atoms with Crippen LogP contribution in [0.4, 0.5) is 19.0 Å². The van der Waals surface area contributed by atoms with E-state index in [1.54, 1.807) is 0 Å². The third-order valence-electron chi connectivity index (χ3n) is 4.65. The van der Waals surface area contributed by atoms with E-state index in [-0.39, 0.29) is 22.3 Å². The molecule has 2 heterocycles. The van der Waals surface area contributed by atoms with Crippen molar-refractivity contribution < 1.29 is 23.4 Å². The van der Waals surface area contributed by atoms with E-state index in [0.29, 0.717) is 17.8 Å². The lowest BCUT2D eigenvalue weighted by atomic mass is 10.1. The number of rotatable bonds is 2. The summed E-state index contributed by atoms with van der Waals surface area (Å²) >= 11 is 5.53. The van der Waals surface area contributed by atoms with Crippen LogP contribution in [-0.2, 0) is 0 Å². The topological polar surface area (TPSA) is 107 Å². The zero-order chi connectivity index (χ0) is 18.4. The average molecular weight is 380 g/mol. The van der Waals surface area contributed by atoms with Crippen molar-refractivity contribution in [3.8, 4) is 0 Å². The van der Waals surface area contributed by atoms with E-state index in [0.717, 1.165) is 6.42 Å². The van der Waals surface area contributed by atoms with Gasteiger partial charge in [-0.2, -0.15) is 23.1 Å². The highest BCUT2D eigenvalue weighted by Gasteiger charge is 2.58. The third kappa shape index (κ3) is 3.96. The Hall–Kier alpha value is -1.65. The number of aliphatic hydroxyl groups excluding tert-OH is 2. The lowest BCUT2D eigenvalue weighted by Crippen LogP contribution is -2.24. The highest BCUT2D eigenvalue weighted by Crippen LogP contribution is 2.57. The minimum absolute atomic E-state index is 0.0233. The van der Waals surface area contributed by atoms with Crippen LogP contribution in [0.3, 0.4) is 0 Å². The van der Waals surface area contributed by atoms with Crippen LogP contribution in [-0.4, -0.2) is 55.1 Å². The number of anilines is 1. The molecular formula is C14H17ClF3N5O2. The number of halogens is 4. The Balaban J connectivity index is 0.000000170. The average Bonchev–Trinajstić information content (AvgIpc) is 2.87. The van der Waals surface area contributed by atoms with Crippen LogP contribution in [0.1, 0.15) is 13.3 Å². The minimum atomic E-state index is -4.33. The van der Waals surface area contributed by atoms with Crippen molar-refractivity contribution in [3.63, 3.8) is 0 Å². The first-order valence-electron chi connectivity index (χ1n) is 7.70. The number of nitrogens with one attached hydrogen (secondary N) is 2. The molecule has 0 spiro atoms. The van der Waals surface area contributed by atoms with Crippen molar-refractivity contribution in [2.24, 2.45) is 17.8 Å². The molecule has 4 rings (SSSR count). The van der Waals surface area contributed by atoms with Gasteiger partial charge >= 0.3 is 6.18 Å². The number of hydrogen-bond donors (Lipinski definition) is 4. The van der Waals surface area contributed by atoms with Crippen molar-refractivity contribution >= 4 is 28.6 Å². The van der Waals surface area contributed by atoms with Gasteiger partial charge in [0.15, 0.2) is 11.5 Å². The molecule has 5 unspecified atom stereocenters. The predicted molar refractivity (Wildman–Crippen MR) is 84.0 cm³/mol. The number of fused-ring (bicyclic) bond motifs is 2. The van der Waals surface area contributed by atoms with Crippen molar-refractivity contribution in [2.45, 2.75) is 31.7 Å². The molecule has 0 amide bonds. The first kappa shape index (κ1) is 18.2. The molecule has 4 N–H and O–H groups in total. The summed E-state index contributed by atoms with van der Waals surface area (Å²) in [6.45, 7) is 0.943. The summed E-state index contributed by atoms with van der Waals surface area (Å²) in [6, 6.07) is 0. The maximum absolute atomic E-state index is 12.0. The lowest BCUT2D eigenvalue weighted by molar-refractivity contribution is -0.115. The van der Waals surface area contributed by atoms with Gasteiger partial charge in [-0.05, 0) is 35.8 Å². The van der Waals surface area contributed by atoms with Crippen LogP contribution in [0.15, 0.2) is 6.33 Å². The van der Waals surface area contributed by atoms with E-state index in [1.807, 2.05) is 0 Å². The second-order valence-electron chi connectivity index (χ2n) is 6.31. The molecule has 2 aliphatic rings. The van der Waals surface area contributed by atoms with Crippen molar-refractivity contribution in [2.75, 3.05) is 11.9 Å². The van der Waals surface area contributed by atoms with Crippen LogP contribution in [0.25, 0.3) is 11.2 Å². The van der Waals surface area contributed by atoms with Crippen LogP contribution in [0.2, 0.25) is 5.28 Å². The molecule has 7 nitrogen and oxygen atoms in total. The van der Waals surface area contributed by atoms with E-state index in [4.69, 9.17) is 16.7 Å². The molecule has 138 valence electrons. The largest absolute Gasteiger partial charge is 0.405 e. The van der Waals surface area contributed by atoms with Crippen molar-refractivity contribution in [3.05, 3.63) is 11.6 Å². The molecule has 0 saturated heterocycles. The third-order valence-corrected chi connectivity index (χ3v) is 4.82. The maximum Gasteiger partial charge on any atom is 0.405 e. The molecule has 2 aromatic heterocycles. The van der Waals surface area contributed by atoms with Crippen molar-refractivity contribution in [1.82, 2.24) is 19.9 Å². The Morgan fingerprint density at radius 3 is 2.64 bits per heavy atom. The summed E-state index contributed by atoms with van der Waals surface area (Å²) in [6.07, 6.45) is -3.04. The number of aliphatic hydroxyl groups is 2. The Labute approximate surface area is 145 Å². The summed E-state index contributed by atoms with van der Waals surface area (Å²) < 4.78 is 36.0. The van der Waals surface area contributed by atoms with Gasteiger partial charge in [-0.3, -0.25) is 0 Å². The summed E-state index contributed by atoms with van der Waals surface area (Å²) in [5, 5.41) is 20.3. The molecule has 0 bridgehead atoms. The molecule has 2 aromatic rings. The smallest absolute Gasteiger partial charge is 0.390 e. The summed E-state index contributed by atoms with van der Waals surface area (Å²) in [5.74, 6) is 1.71. The number of H-pyrrole nitrogens is 1. The molecule has 5 atom stereocenters. The molecule has 0 radical (unpaired) electrons. The maximum atomic E-state index is 12.0. The zero-order valence-corrected chi connectivity index (χ0v) is 13.9. The highest BCUT2D eigenvalue weighted by molar-refractivity contribution is 6.28. The Morgan fingerprint density at radius 2 is 2.08 bits per heavy atom. The molecule has 2 aliphatic carbocycles. The Bertz CT molecular complexity index is 756. The number of imidazole rings is 1. The van der Waals surface area contributed by atoms with E-state index in [1.165, 1.54) is 6.33 Å². The minimum Gasteiger partial charge on any atom is -0.390 e.